The number of nitrogens with one attached hydrogen (secondary N) is 2. The third kappa shape index (κ3) is 5.14. The Morgan fingerprint density at radius 2 is 1.84 bits per heavy atom. The molecule has 0 unspecified atom stereocenters. The van der Waals surface area contributed by atoms with Crippen molar-refractivity contribution in [1.82, 2.24) is 19.8 Å². The van der Waals surface area contributed by atoms with Gasteiger partial charge >= 0.3 is 0 Å². The van der Waals surface area contributed by atoms with Gasteiger partial charge in [-0.1, -0.05) is 29.8 Å². The van der Waals surface area contributed by atoms with E-state index < -0.39 is 5.82 Å². The van der Waals surface area contributed by atoms with Gasteiger partial charge in [-0.2, -0.15) is 0 Å². The second kappa shape index (κ2) is 10.9. The van der Waals surface area contributed by atoms with Crippen LogP contribution in [-0.4, -0.2) is 32.0 Å². The Kier molecular flexibility index (Phi) is 7.44. The van der Waals surface area contributed by atoms with E-state index in [-0.39, 0.29) is 30.1 Å². The van der Waals surface area contributed by atoms with Crippen LogP contribution < -0.4 is 10.6 Å². The van der Waals surface area contributed by atoms with Crippen LogP contribution in [0, 0.1) is 19.7 Å². The van der Waals surface area contributed by atoms with Crippen molar-refractivity contribution in [3.05, 3.63) is 112 Å². The number of aromatic nitrogens is 2. The predicted octanol–water partition coefficient (Wildman–Crippen LogP) is 6.28. The molecule has 0 spiro atoms. The number of carbonyl (C=O) groups excluding carboxylic acids is 1. The lowest BCUT2D eigenvalue weighted by molar-refractivity contribution is -0.116. The largest absolute Gasteiger partial charge is 0.352 e. The van der Waals surface area contributed by atoms with E-state index in [1.165, 1.54) is 6.07 Å². The van der Waals surface area contributed by atoms with E-state index in [4.69, 9.17) is 23.8 Å². The van der Waals surface area contributed by atoms with Crippen LogP contribution in [0.2, 0.25) is 5.02 Å². The van der Waals surface area contributed by atoms with Crippen LogP contribution in [0.5, 0.6) is 0 Å². The Hall–Kier alpha value is -3.75. The van der Waals surface area contributed by atoms with E-state index in [0.29, 0.717) is 16.7 Å². The molecule has 1 fully saturated rings. The molecular weight excluding hydrogens is 521 g/mol. The molecule has 0 saturated carbocycles. The number of aryl methyl sites for hydroxylation is 1. The van der Waals surface area contributed by atoms with E-state index in [1.807, 2.05) is 47.4 Å². The number of para-hydroxylation sites is 1. The molecule has 3 heterocycles. The number of halogens is 2. The SMILES string of the molecule is Cc1cc([C@H]2[C@@H](c3ccccn3)NC(=S)N2CCC(=O)Nc2ccccc2F)c(C)n1-c1ccc(Cl)cc1. The molecule has 5 rings (SSSR count). The van der Waals surface area contributed by atoms with E-state index in [9.17, 15) is 9.18 Å². The molecule has 0 radical (unpaired) electrons. The van der Waals surface area contributed by atoms with Crippen molar-refractivity contribution in [2.24, 2.45) is 0 Å². The third-order valence-electron chi connectivity index (χ3n) is 6.80. The molecule has 2 atom stereocenters. The van der Waals surface area contributed by atoms with Gasteiger partial charge in [-0.3, -0.25) is 9.78 Å². The zero-order chi connectivity index (χ0) is 26.8. The Bertz CT molecular complexity index is 1470. The summed E-state index contributed by atoms with van der Waals surface area (Å²) in [6.07, 6.45) is 1.90. The van der Waals surface area contributed by atoms with Crippen molar-refractivity contribution in [1.29, 1.82) is 0 Å². The first-order valence-corrected chi connectivity index (χ1v) is 13.1. The highest BCUT2D eigenvalue weighted by Gasteiger charge is 2.41. The molecule has 0 aliphatic carbocycles. The van der Waals surface area contributed by atoms with Gasteiger partial charge in [0.15, 0.2) is 5.11 Å². The molecule has 4 aromatic rings. The average Bonchev–Trinajstić information content (AvgIpc) is 3.39. The minimum Gasteiger partial charge on any atom is -0.352 e. The number of hydrogen-bond acceptors (Lipinski definition) is 3. The smallest absolute Gasteiger partial charge is 0.226 e. The maximum Gasteiger partial charge on any atom is 0.226 e. The molecule has 38 heavy (non-hydrogen) atoms. The molecule has 2 aromatic carbocycles. The highest BCUT2D eigenvalue weighted by atomic mass is 35.5. The lowest BCUT2D eigenvalue weighted by Gasteiger charge is -2.28. The Morgan fingerprint density at radius 3 is 2.55 bits per heavy atom. The van der Waals surface area contributed by atoms with Gasteiger partial charge in [0.05, 0.1) is 23.5 Å². The molecular formula is C29H27ClFN5OS. The number of carbonyl (C=O) groups is 1. The number of amides is 1. The van der Waals surface area contributed by atoms with Crippen molar-refractivity contribution < 1.29 is 9.18 Å². The topological polar surface area (TPSA) is 62.2 Å². The summed E-state index contributed by atoms with van der Waals surface area (Å²) in [4.78, 5) is 19.4. The second-order valence-electron chi connectivity index (χ2n) is 9.24. The normalized spacial score (nSPS) is 16.9. The first-order valence-electron chi connectivity index (χ1n) is 12.3. The highest BCUT2D eigenvalue weighted by molar-refractivity contribution is 7.80. The standard InChI is InChI=1S/C29H27ClFN5OS/c1-18-17-22(19(2)36(18)21-12-10-20(30)11-13-21)28-27(25-9-5-6-15-32-25)34-29(38)35(28)16-14-26(37)33-24-8-4-3-7-23(24)31/h3-13,15,17,27-28H,14,16H2,1-2H3,(H,33,37)(H,34,38)/t27-,28+/m1/s1. The third-order valence-corrected chi connectivity index (χ3v) is 7.40. The van der Waals surface area contributed by atoms with E-state index >= 15 is 0 Å². The van der Waals surface area contributed by atoms with Crippen LogP contribution in [0.25, 0.3) is 5.69 Å². The fourth-order valence-electron chi connectivity index (χ4n) is 5.06. The van der Waals surface area contributed by atoms with Crippen molar-refractivity contribution in [3.8, 4) is 5.69 Å². The molecule has 6 nitrogen and oxygen atoms in total. The molecule has 1 saturated heterocycles. The maximum atomic E-state index is 14.0. The highest BCUT2D eigenvalue weighted by Crippen LogP contribution is 2.41. The van der Waals surface area contributed by atoms with Crippen molar-refractivity contribution in [2.75, 3.05) is 11.9 Å². The van der Waals surface area contributed by atoms with Crippen LogP contribution in [0.4, 0.5) is 10.1 Å². The molecule has 1 aliphatic rings. The van der Waals surface area contributed by atoms with Gasteiger partial charge in [0.1, 0.15) is 5.82 Å². The fraction of sp³-hybridized carbons (Fsp3) is 0.207. The lowest BCUT2D eigenvalue weighted by Crippen LogP contribution is -2.33. The Labute approximate surface area is 231 Å². The van der Waals surface area contributed by atoms with E-state index in [1.54, 1.807) is 24.4 Å². The summed E-state index contributed by atoms with van der Waals surface area (Å²) in [5.41, 5.74) is 5.23. The number of pyridine rings is 1. The van der Waals surface area contributed by atoms with Gasteiger partial charge in [0, 0.05) is 41.3 Å². The summed E-state index contributed by atoms with van der Waals surface area (Å²) in [7, 11) is 0. The molecule has 0 bridgehead atoms. The monoisotopic (exact) mass is 547 g/mol. The zero-order valence-electron chi connectivity index (χ0n) is 21.0. The van der Waals surface area contributed by atoms with Gasteiger partial charge in [0.25, 0.3) is 0 Å². The maximum absolute atomic E-state index is 14.0. The van der Waals surface area contributed by atoms with Crippen molar-refractivity contribution in [3.63, 3.8) is 0 Å². The van der Waals surface area contributed by atoms with Gasteiger partial charge in [-0.05, 0) is 86.2 Å². The quantitative estimate of drug-likeness (QED) is 0.267. The summed E-state index contributed by atoms with van der Waals surface area (Å²) in [6, 6.07) is 21.4. The fourth-order valence-corrected chi connectivity index (χ4v) is 5.51. The van der Waals surface area contributed by atoms with Crippen molar-refractivity contribution in [2.45, 2.75) is 32.4 Å². The number of anilines is 1. The number of hydrogen-bond donors (Lipinski definition) is 2. The first kappa shape index (κ1) is 25.9. The molecule has 194 valence electrons. The van der Waals surface area contributed by atoms with Gasteiger partial charge < -0.3 is 20.1 Å². The number of nitrogens with zero attached hydrogens (tertiary/aromatic N) is 3. The number of thiocarbonyl (C=S) groups is 1. The van der Waals surface area contributed by atoms with E-state index in [0.717, 1.165) is 28.3 Å². The Morgan fingerprint density at radius 1 is 1.11 bits per heavy atom. The lowest BCUT2D eigenvalue weighted by atomic mass is 9.96. The van der Waals surface area contributed by atoms with Gasteiger partial charge in [0.2, 0.25) is 5.91 Å². The van der Waals surface area contributed by atoms with Crippen LogP contribution in [0.3, 0.4) is 0 Å². The minimum atomic E-state index is -0.470. The summed E-state index contributed by atoms with van der Waals surface area (Å²) >= 11 is 11.9. The van der Waals surface area contributed by atoms with Crippen LogP contribution in [-0.2, 0) is 4.79 Å². The molecule has 2 N–H and O–H groups in total. The number of benzene rings is 2. The first-order chi connectivity index (χ1) is 18.3. The summed E-state index contributed by atoms with van der Waals surface area (Å²) in [6.45, 7) is 4.50. The van der Waals surface area contributed by atoms with Crippen LogP contribution in [0.15, 0.2) is 79.0 Å². The molecule has 2 aromatic heterocycles. The summed E-state index contributed by atoms with van der Waals surface area (Å²) in [5.74, 6) is -0.758. The zero-order valence-corrected chi connectivity index (χ0v) is 22.6. The van der Waals surface area contributed by atoms with Crippen molar-refractivity contribution >= 4 is 40.5 Å². The second-order valence-corrected chi connectivity index (χ2v) is 10.1. The van der Waals surface area contributed by atoms with E-state index in [2.05, 4.69) is 40.1 Å². The predicted molar refractivity (Wildman–Crippen MR) is 152 cm³/mol. The van der Waals surface area contributed by atoms with Gasteiger partial charge in [-0.15, -0.1) is 0 Å². The molecule has 1 amide bonds. The average molecular weight is 548 g/mol. The summed E-state index contributed by atoms with van der Waals surface area (Å²) in [5, 5.41) is 7.32. The number of rotatable bonds is 7. The van der Waals surface area contributed by atoms with Crippen LogP contribution in [0.1, 0.15) is 41.1 Å². The molecule has 1 aliphatic heterocycles. The van der Waals surface area contributed by atoms with Gasteiger partial charge in [-0.25, -0.2) is 4.39 Å². The van der Waals surface area contributed by atoms with Crippen LogP contribution >= 0.6 is 23.8 Å². The minimum absolute atomic E-state index is 0.136. The summed E-state index contributed by atoms with van der Waals surface area (Å²) < 4.78 is 16.2. The Balaban J connectivity index is 1.47. The molecule has 9 heteroatoms.